The van der Waals surface area contributed by atoms with Crippen LogP contribution in [0.15, 0.2) is 43.0 Å². The maximum atomic E-state index is 6.65. The largest absolute Gasteiger partial charge is 0.543 e. The summed E-state index contributed by atoms with van der Waals surface area (Å²) in [6, 6.07) is 12.5. The summed E-state index contributed by atoms with van der Waals surface area (Å²) in [6.07, 6.45) is 3.72. The summed E-state index contributed by atoms with van der Waals surface area (Å²) < 4.78 is 12.7. The van der Waals surface area contributed by atoms with Gasteiger partial charge in [0.25, 0.3) is 8.32 Å². The number of benzene rings is 2. The van der Waals surface area contributed by atoms with Crippen molar-refractivity contribution in [2.45, 2.75) is 76.5 Å². The van der Waals surface area contributed by atoms with Gasteiger partial charge in [-0.15, -0.1) is 0 Å². The predicted octanol–water partition coefficient (Wildman–Crippen LogP) is 6.85. The zero-order valence-corrected chi connectivity index (χ0v) is 19.9. The van der Waals surface area contributed by atoms with E-state index in [9.17, 15) is 0 Å². The molecule has 2 aromatic rings. The number of fused-ring (bicyclic) bond motifs is 1. The molecule has 1 saturated carbocycles. The van der Waals surface area contributed by atoms with E-state index < -0.39 is 14.1 Å². The van der Waals surface area contributed by atoms with Gasteiger partial charge in [0.2, 0.25) is 5.79 Å². The van der Waals surface area contributed by atoms with Crippen LogP contribution in [-0.4, -0.2) is 26.8 Å². The molecule has 30 heavy (non-hydrogen) atoms. The van der Waals surface area contributed by atoms with E-state index in [1.165, 1.54) is 0 Å². The van der Waals surface area contributed by atoms with Crippen molar-refractivity contribution in [2.24, 2.45) is 0 Å². The normalized spacial score (nSPS) is 21.8. The van der Waals surface area contributed by atoms with Crippen LogP contribution in [0.3, 0.4) is 0 Å². The Bertz CT molecular complexity index is 928. The smallest absolute Gasteiger partial charge is 0.250 e. The maximum absolute atomic E-state index is 6.65. The van der Waals surface area contributed by atoms with Crippen molar-refractivity contribution in [1.29, 1.82) is 0 Å². The predicted molar refractivity (Wildman–Crippen MR) is 124 cm³/mol. The number of rotatable bonds is 4. The molecule has 162 valence electrons. The SMILES string of the molecule is C=C(c1ccc(O[Si](C)(C)C(C)(C)C)c2ccccc12)C1COC2(CCCC2)OO1. The summed E-state index contributed by atoms with van der Waals surface area (Å²) >= 11 is 0. The fourth-order valence-electron chi connectivity index (χ4n) is 3.97. The minimum Gasteiger partial charge on any atom is -0.543 e. The maximum Gasteiger partial charge on any atom is 0.250 e. The van der Waals surface area contributed by atoms with E-state index in [-0.39, 0.29) is 11.1 Å². The highest BCUT2D eigenvalue weighted by Crippen LogP contribution is 2.42. The molecule has 4 rings (SSSR count). The molecule has 1 atom stereocenters. The molecule has 5 heteroatoms. The monoisotopic (exact) mass is 426 g/mol. The van der Waals surface area contributed by atoms with Gasteiger partial charge in [-0.2, -0.15) is 0 Å². The zero-order chi connectivity index (χ0) is 21.6. The van der Waals surface area contributed by atoms with Gasteiger partial charge in [-0.1, -0.05) is 57.7 Å². The highest BCUT2D eigenvalue weighted by atomic mass is 28.4. The van der Waals surface area contributed by atoms with E-state index in [4.69, 9.17) is 18.9 Å². The van der Waals surface area contributed by atoms with Gasteiger partial charge in [-0.3, -0.25) is 0 Å². The van der Waals surface area contributed by atoms with Crippen LogP contribution in [0.4, 0.5) is 0 Å². The Hall–Kier alpha value is -1.66. The third-order valence-corrected chi connectivity index (χ3v) is 11.3. The highest BCUT2D eigenvalue weighted by Gasteiger charge is 2.43. The third kappa shape index (κ3) is 3.96. The van der Waals surface area contributed by atoms with E-state index in [0.29, 0.717) is 6.61 Å². The van der Waals surface area contributed by atoms with Gasteiger partial charge < -0.3 is 9.16 Å². The van der Waals surface area contributed by atoms with Crippen LogP contribution in [0.2, 0.25) is 18.1 Å². The van der Waals surface area contributed by atoms with Gasteiger partial charge in [0.15, 0.2) is 0 Å². The van der Waals surface area contributed by atoms with Crippen molar-refractivity contribution in [1.82, 2.24) is 0 Å². The fraction of sp³-hybridized carbons (Fsp3) is 0.520. The molecule has 0 amide bonds. The van der Waals surface area contributed by atoms with Crippen LogP contribution >= 0.6 is 0 Å². The number of ether oxygens (including phenoxy) is 1. The van der Waals surface area contributed by atoms with Crippen molar-refractivity contribution in [3.63, 3.8) is 0 Å². The van der Waals surface area contributed by atoms with Gasteiger partial charge in [0.1, 0.15) is 11.9 Å². The lowest BCUT2D eigenvalue weighted by atomic mass is 9.95. The first kappa shape index (κ1) is 21.6. The molecule has 0 aromatic heterocycles. The molecule has 2 aliphatic rings. The molecular weight excluding hydrogens is 392 g/mol. The van der Waals surface area contributed by atoms with Crippen molar-refractivity contribution in [2.75, 3.05) is 6.61 Å². The van der Waals surface area contributed by atoms with E-state index in [0.717, 1.165) is 53.3 Å². The molecule has 2 aromatic carbocycles. The van der Waals surface area contributed by atoms with E-state index >= 15 is 0 Å². The second-order valence-electron chi connectivity index (χ2n) is 10.1. The first-order chi connectivity index (χ1) is 14.1. The Morgan fingerprint density at radius 2 is 1.73 bits per heavy atom. The fourth-order valence-corrected chi connectivity index (χ4v) is 5.00. The van der Waals surface area contributed by atoms with Gasteiger partial charge in [-0.25, -0.2) is 9.78 Å². The van der Waals surface area contributed by atoms with Crippen molar-refractivity contribution < 1.29 is 18.9 Å². The molecular formula is C25H34O4Si. The molecule has 0 radical (unpaired) electrons. The van der Waals surface area contributed by atoms with E-state index in [2.05, 4.69) is 76.8 Å². The zero-order valence-electron chi connectivity index (χ0n) is 18.9. The standard InChI is InChI=1S/C25H34O4Si/c1-18(23-17-26-25(29-27-23)15-9-10-16-25)19-13-14-22(21-12-8-7-11-20(19)21)28-30(5,6)24(2,3)4/h7-8,11-14,23H,1,9-10,15-17H2,2-6H3. The molecule has 0 bridgehead atoms. The van der Waals surface area contributed by atoms with Gasteiger partial charge in [0, 0.05) is 18.2 Å². The Kier molecular flexibility index (Phi) is 5.60. The lowest BCUT2D eigenvalue weighted by Gasteiger charge is -2.37. The molecule has 1 spiro atoms. The lowest BCUT2D eigenvalue weighted by molar-refractivity contribution is -0.475. The third-order valence-electron chi connectivity index (χ3n) is 6.97. The number of hydrogen-bond donors (Lipinski definition) is 0. The number of hydrogen-bond acceptors (Lipinski definition) is 4. The second-order valence-corrected chi connectivity index (χ2v) is 14.9. The Morgan fingerprint density at radius 3 is 2.33 bits per heavy atom. The highest BCUT2D eigenvalue weighted by molar-refractivity contribution is 6.74. The summed E-state index contributed by atoms with van der Waals surface area (Å²) in [5.41, 5.74) is 1.92. The summed E-state index contributed by atoms with van der Waals surface area (Å²) in [5.74, 6) is 0.399. The van der Waals surface area contributed by atoms with Crippen molar-refractivity contribution in [3.05, 3.63) is 48.5 Å². The van der Waals surface area contributed by atoms with Crippen LogP contribution in [0.1, 0.15) is 52.0 Å². The summed E-state index contributed by atoms with van der Waals surface area (Å²) in [5, 5.41) is 2.35. The van der Waals surface area contributed by atoms with Crippen LogP contribution in [-0.2, 0) is 14.5 Å². The van der Waals surface area contributed by atoms with Gasteiger partial charge >= 0.3 is 0 Å². The molecule has 1 unspecified atom stereocenters. The summed E-state index contributed by atoms with van der Waals surface area (Å²) in [6.45, 7) is 16.1. The quantitative estimate of drug-likeness (QED) is 0.395. The van der Waals surface area contributed by atoms with Gasteiger partial charge in [0.05, 0.1) is 6.61 Å². The minimum atomic E-state index is -1.95. The van der Waals surface area contributed by atoms with Crippen LogP contribution in [0, 0.1) is 0 Å². The molecule has 1 aliphatic carbocycles. The first-order valence-corrected chi connectivity index (χ1v) is 13.9. The van der Waals surface area contributed by atoms with Crippen molar-refractivity contribution in [3.8, 4) is 5.75 Å². The van der Waals surface area contributed by atoms with E-state index in [1.54, 1.807) is 0 Å². The Labute approximate surface area is 181 Å². The van der Waals surface area contributed by atoms with Crippen molar-refractivity contribution >= 4 is 24.7 Å². The molecule has 2 fully saturated rings. The average Bonchev–Trinajstić information content (AvgIpc) is 3.15. The molecule has 1 aliphatic heterocycles. The summed E-state index contributed by atoms with van der Waals surface area (Å²) in [7, 11) is -1.95. The van der Waals surface area contributed by atoms with Crippen LogP contribution < -0.4 is 4.43 Å². The Morgan fingerprint density at radius 1 is 1.07 bits per heavy atom. The first-order valence-electron chi connectivity index (χ1n) is 11.0. The van der Waals surface area contributed by atoms with Crippen LogP contribution in [0.5, 0.6) is 5.75 Å². The molecule has 4 nitrogen and oxygen atoms in total. The molecule has 1 heterocycles. The van der Waals surface area contributed by atoms with Crippen LogP contribution in [0.25, 0.3) is 16.3 Å². The van der Waals surface area contributed by atoms with E-state index in [1.807, 2.05) is 0 Å². The van der Waals surface area contributed by atoms with Gasteiger partial charge in [-0.05, 0) is 53.6 Å². The second kappa shape index (κ2) is 7.79. The molecule has 0 N–H and O–H groups in total. The topological polar surface area (TPSA) is 36.9 Å². The lowest BCUT2D eigenvalue weighted by Crippen LogP contribution is -2.44. The summed E-state index contributed by atoms with van der Waals surface area (Å²) in [4.78, 5) is 11.5. The average molecular weight is 427 g/mol. The Balaban J connectivity index is 1.61. The molecule has 1 saturated heterocycles. The minimum absolute atomic E-state index is 0.136.